The van der Waals surface area contributed by atoms with E-state index in [2.05, 4.69) is 22.5 Å². The molecule has 2 aliphatic heterocycles. The zero-order chi connectivity index (χ0) is 9.10. The highest BCUT2D eigenvalue weighted by Crippen LogP contribution is 2.27. The topological polar surface area (TPSA) is 15.6 Å². The van der Waals surface area contributed by atoms with Crippen LogP contribution in [0, 0.1) is 0 Å². The molecule has 0 atom stereocenters. The first-order chi connectivity index (χ1) is 6.40. The van der Waals surface area contributed by atoms with Crippen LogP contribution in [0.5, 0.6) is 0 Å². The van der Waals surface area contributed by atoms with Crippen molar-refractivity contribution in [2.24, 2.45) is 4.99 Å². The Labute approximate surface area is 83.4 Å². The van der Waals surface area contributed by atoms with Crippen molar-refractivity contribution in [3.63, 3.8) is 0 Å². The van der Waals surface area contributed by atoms with Crippen LogP contribution in [0.1, 0.15) is 6.42 Å². The predicted molar refractivity (Wildman–Crippen MR) is 59.2 cm³/mol. The van der Waals surface area contributed by atoms with E-state index >= 15 is 0 Å². The average molecular weight is 194 g/mol. The van der Waals surface area contributed by atoms with E-state index in [1.54, 1.807) is 0 Å². The molecule has 13 heavy (non-hydrogen) atoms. The fraction of sp³-hybridized carbons (Fsp3) is 0.500. The second kappa shape index (κ2) is 4.11. The molecule has 0 saturated heterocycles. The van der Waals surface area contributed by atoms with Crippen LogP contribution in [-0.2, 0) is 0 Å². The summed E-state index contributed by atoms with van der Waals surface area (Å²) in [6.45, 7) is 6.91. The van der Waals surface area contributed by atoms with Gasteiger partial charge in [0.05, 0.1) is 11.6 Å². The number of thioether (sulfide) groups is 1. The molecule has 2 rings (SSSR count). The van der Waals surface area contributed by atoms with Crippen LogP contribution >= 0.6 is 11.8 Å². The summed E-state index contributed by atoms with van der Waals surface area (Å²) in [5.41, 5.74) is 1.32. The fourth-order valence-electron chi connectivity index (χ4n) is 1.64. The summed E-state index contributed by atoms with van der Waals surface area (Å²) < 4.78 is 0. The maximum Gasteiger partial charge on any atom is 0.0894 e. The van der Waals surface area contributed by atoms with Gasteiger partial charge >= 0.3 is 0 Å². The van der Waals surface area contributed by atoms with E-state index in [9.17, 15) is 0 Å². The summed E-state index contributed by atoms with van der Waals surface area (Å²) in [5, 5.41) is 0. The SMILES string of the molecule is C=CCN1CC=C2SCN=C2CC1. The molecule has 2 aliphatic rings. The van der Waals surface area contributed by atoms with Crippen LogP contribution in [0.4, 0.5) is 0 Å². The number of hydrogen-bond donors (Lipinski definition) is 0. The molecule has 0 fully saturated rings. The van der Waals surface area contributed by atoms with Gasteiger partial charge in [0.1, 0.15) is 0 Å². The van der Waals surface area contributed by atoms with Gasteiger partial charge in [-0.05, 0) is 0 Å². The van der Waals surface area contributed by atoms with Crippen molar-refractivity contribution in [1.29, 1.82) is 0 Å². The lowest BCUT2D eigenvalue weighted by atomic mass is 10.2. The third kappa shape index (κ3) is 2.03. The van der Waals surface area contributed by atoms with E-state index in [0.29, 0.717) is 0 Å². The van der Waals surface area contributed by atoms with Crippen molar-refractivity contribution >= 4 is 17.5 Å². The average Bonchev–Trinajstić information content (AvgIpc) is 2.50. The summed E-state index contributed by atoms with van der Waals surface area (Å²) in [7, 11) is 0. The van der Waals surface area contributed by atoms with Crippen LogP contribution in [0.25, 0.3) is 0 Å². The maximum absolute atomic E-state index is 4.47. The first-order valence-electron chi connectivity index (χ1n) is 4.60. The zero-order valence-corrected chi connectivity index (χ0v) is 8.52. The largest absolute Gasteiger partial charge is 0.296 e. The molecule has 0 aromatic heterocycles. The molecule has 0 unspecified atom stereocenters. The summed E-state index contributed by atoms with van der Waals surface area (Å²) in [4.78, 5) is 8.27. The summed E-state index contributed by atoms with van der Waals surface area (Å²) in [6, 6.07) is 0. The second-order valence-electron chi connectivity index (χ2n) is 3.24. The second-order valence-corrected chi connectivity index (χ2v) is 4.23. The van der Waals surface area contributed by atoms with Crippen LogP contribution in [0.2, 0.25) is 0 Å². The molecule has 2 nitrogen and oxygen atoms in total. The molecule has 0 saturated carbocycles. The molecule has 0 bridgehead atoms. The molecule has 0 amide bonds. The predicted octanol–water partition coefficient (Wildman–Crippen LogP) is 1.91. The lowest BCUT2D eigenvalue weighted by molar-refractivity contribution is 0.348. The molecular formula is C10H14N2S. The number of aliphatic imine (C=N–C) groups is 1. The monoisotopic (exact) mass is 194 g/mol. The van der Waals surface area contributed by atoms with E-state index < -0.39 is 0 Å². The van der Waals surface area contributed by atoms with Gasteiger partial charge < -0.3 is 0 Å². The minimum atomic E-state index is 0.933. The fourth-order valence-corrected chi connectivity index (χ4v) is 2.52. The standard InChI is InChI=1S/C10H14N2S/c1-2-5-12-6-3-9-10(4-7-12)13-8-11-9/h2,4H,1,3,5-8H2. The lowest BCUT2D eigenvalue weighted by Crippen LogP contribution is -2.24. The molecule has 0 N–H and O–H groups in total. The van der Waals surface area contributed by atoms with Crippen LogP contribution < -0.4 is 0 Å². The summed E-state index contributed by atoms with van der Waals surface area (Å²) in [5.74, 6) is 0.933. The summed E-state index contributed by atoms with van der Waals surface area (Å²) in [6.07, 6.45) is 5.37. The van der Waals surface area contributed by atoms with Gasteiger partial charge in [0.25, 0.3) is 0 Å². The minimum absolute atomic E-state index is 0.933. The smallest absolute Gasteiger partial charge is 0.0894 e. The molecule has 0 spiro atoms. The summed E-state index contributed by atoms with van der Waals surface area (Å²) >= 11 is 1.86. The van der Waals surface area contributed by atoms with Gasteiger partial charge in [0.2, 0.25) is 0 Å². The van der Waals surface area contributed by atoms with Gasteiger partial charge in [0.15, 0.2) is 0 Å². The Morgan fingerprint density at radius 1 is 1.69 bits per heavy atom. The van der Waals surface area contributed by atoms with Crippen LogP contribution in [-0.4, -0.2) is 36.1 Å². The zero-order valence-electron chi connectivity index (χ0n) is 7.70. The molecule has 0 aromatic rings. The number of rotatable bonds is 2. The van der Waals surface area contributed by atoms with E-state index in [1.807, 2.05) is 17.8 Å². The quantitative estimate of drug-likeness (QED) is 0.624. The number of nitrogens with zero attached hydrogens (tertiary/aromatic N) is 2. The highest BCUT2D eigenvalue weighted by molar-refractivity contribution is 8.04. The van der Waals surface area contributed by atoms with Crippen molar-refractivity contribution < 1.29 is 0 Å². The van der Waals surface area contributed by atoms with Gasteiger partial charge in [-0.2, -0.15) is 0 Å². The Hall–Kier alpha value is -0.540. The molecule has 70 valence electrons. The highest BCUT2D eigenvalue weighted by atomic mass is 32.2. The van der Waals surface area contributed by atoms with Gasteiger partial charge in [-0.25, -0.2) is 0 Å². The Morgan fingerprint density at radius 2 is 2.62 bits per heavy atom. The third-order valence-corrected chi connectivity index (χ3v) is 3.32. The van der Waals surface area contributed by atoms with Gasteiger partial charge in [0, 0.05) is 31.0 Å². The number of fused-ring (bicyclic) bond motifs is 1. The van der Waals surface area contributed by atoms with Crippen molar-refractivity contribution in [2.45, 2.75) is 6.42 Å². The Balaban J connectivity index is 2.03. The van der Waals surface area contributed by atoms with Crippen molar-refractivity contribution in [1.82, 2.24) is 4.90 Å². The lowest BCUT2D eigenvalue weighted by Gasteiger charge is -2.15. The van der Waals surface area contributed by atoms with Gasteiger partial charge in [-0.3, -0.25) is 9.89 Å². The van der Waals surface area contributed by atoms with Crippen molar-refractivity contribution in [3.8, 4) is 0 Å². The third-order valence-electron chi connectivity index (χ3n) is 2.35. The molecule has 0 radical (unpaired) electrons. The first-order valence-corrected chi connectivity index (χ1v) is 5.58. The highest BCUT2D eigenvalue weighted by Gasteiger charge is 2.18. The first kappa shape index (κ1) is 9.03. The molecule has 2 heterocycles. The van der Waals surface area contributed by atoms with E-state index in [0.717, 1.165) is 31.9 Å². The molecular weight excluding hydrogens is 180 g/mol. The molecule has 3 heteroatoms. The van der Waals surface area contributed by atoms with E-state index in [1.165, 1.54) is 10.6 Å². The Bertz CT molecular complexity index is 268. The Kier molecular flexibility index (Phi) is 2.86. The minimum Gasteiger partial charge on any atom is -0.296 e. The maximum atomic E-state index is 4.47. The van der Waals surface area contributed by atoms with Crippen LogP contribution in [0.15, 0.2) is 28.6 Å². The van der Waals surface area contributed by atoms with Gasteiger partial charge in [-0.1, -0.05) is 12.2 Å². The van der Waals surface area contributed by atoms with E-state index in [-0.39, 0.29) is 0 Å². The van der Waals surface area contributed by atoms with E-state index in [4.69, 9.17) is 0 Å². The van der Waals surface area contributed by atoms with Crippen molar-refractivity contribution in [2.75, 3.05) is 25.5 Å². The van der Waals surface area contributed by atoms with Crippen LogP contribution in [0.3, 0.4) is 0 Å². The number of allylic oxidation sites excluding steroid dienone is 1. The molecule has 0 aliphatic carbocycles. The Morgan fingerprint density at radius 3 is 3.46 bits per heavy atom. The normalized spacial score (nSPS) is 23.1. The van der Waals surface area contributed by atoms with Gasteiger partial charge in [-0.15, -0.1) is 18.3 Å². The number of hydrogen-bond acceptors (Lipinski definition) is 3. The molecule has 0 aromatic carbocycles. The van der Waals surface area contributed by atoms with Crippen molar-refractivity contribution in [3.05, 3.63) is 23.6 Å².